The summed E-state index contributed by atoms with van der Waals surface area (Å²) in [5, 5.41) is 15.4. The molecule has 0 aliphatic carbocycles. The molecule has 0 radical (unpaired) electrons. The van der Waals surface area contributed by atoms with Crippen LogP contribution in [0.3, 0.4) is 0 Å². The zero-order chi connectivity index (χ0) is 25.6. The Hall–Kier alpha value is -2.75. The summed E-state index contributed by atoms with van der Waals surface area (Å²) >= 11 is 3.67. The van der Waals surface area contributed by atoms with Crippen LogP contribution in [0.15, 0.2) is 48.5 Å². The second-order valence-electron chi connectivity index (χ2n) is 9.94. The van der Waals surface area contributed by atoms with Crippen LogP contribution in [0.25, 0.3) is 0 Å². The molecule has 3 amide bonds. The second-order valence-corrected chi connectivity index (χ2v) is 11.1. The first kappa shape index (κ1) is 24.9. The number of aliphatic hydroxyl groups excluding tert-OH is 1. The smallest absolute Gasteiger partial charge is 0.250 e. The van der Waals surface area contributed by atoms with Gasteiger partial charge in [0.05, 0.1) is 17.9 Å². The maximum absolute atomic E-state index is 13.8. The molecule has 3 fully saturated rings. The van der Waals surface area contributed by atoms with Gasteiger partial charge < -0.3 is 25.4 Å². The number of hydrogen-bond acceptors (Lipinski definition) is 5. The molecule has 8 nitrogen and oxygen atoms in total. The van der Waals surface area contributed by atoms with Crippen molar-refractivity contribution < 1.29 is 24.2 Å². The lowest BCUT2D eigenvalue weighted by molar-refractivity contribution is -0.139. The summed E-state index contributed by atoms with van der Waals surface area (Å²) in [7, 11) is 0. The molecule has 5 rings (SSSR count). The molecule has 3 unspecified atom stereocenters. The van der Waals surface area contributed by atoms with Crippen LogP contribution in [0, 0.1) is 25.7 Å². The highest BCUT2D eigenvalue weighted by atomic mass is 79.9. The zero-order valence-electron chi connectivity index (χ0n) is 20.2. The number of nitrogens with one attached hydrogen (secondary N) is 2. The van der Waals surface area contributed by atoms with Crippen LogP contribution in [-0.4, -0.2) is 63.5 Å². The Balaban J connectivity index is 1.50. The summed E-state index contributed by atoms with van der Waals surface area (Å²) in [4.78, 5) is 42.5. The lowest BCUT2D eigenvalue weighted by Gasteiger charge is -2.34. The number of hydrogen-bond donors (Lipinski definition) is 3. The van der Waals surface area contributed by atoms with Crippen LogP contribution >= 0.6 is 15.9 Å². The van der Waals surface area contributed by atoms with E-state index in [0.29, 0.717) is 24.2 Å². The highest BCUT2D eigenvalue weighted by Gasteiger charge is 2.76. The molecular formula is C27H30BrN3O5. The fourth-order valence-corrected chi connectivity index (χ4v) is 6.97. The van der Waals surface area contributed by atoms with Gasteiger partial charge in [-0.15, -0.1) is 0 Å². The van der Waals surface area contributed by atoms with E-state index < -0.39 is 29.6 Å². The monoisotopic (exact) mass is 555 g/mol. The highest BCUT2D eigenvalue weighted by molar-refractivity contribution is 9.09. The summed E-state index contributed by atoms with van der Waals surface area (Å²) in [6.07, 6.45) is 0.228. The van der Waals surface area contributed by atoms with Crippen LogP contribution in [0.1, 0.15) is 24.0 Å². The summed E-state index contributed by atoms with van der Waals surface area (Å²) in [5.41, 5.74) is 2.09. The molecule has 6 atom stereocenters. The van der Waals surface area contributed by atoms with Gasteiger partial charge in [-0.2, -0.15) is 0 Å². The van der Waals surface area contributed by atoms with Crippen molar-refractivity contribution in [2.75, 3.05) is 23.8 Å². The van der Waals surface area contributed by atoms with E-state index in [2.05, 4.69) is 26.6 Å². The number of rotatable bonds is 7. The third kappa shape index (κ3) is 4.03. The van der Waals surface area contributed by atoms with Gasteiger partial charge in [-0.3, -0.25) is 14.4 Å². The van der Waals surface area contributed by atoms with Crippen molar-refractivity contribution in [1.29, 1.82) is 0 Å². The van der Waals surface area contributed by atoms with E-state index in [1.807, 2.05) is 50.2 Å². The van der Waals surface area contributed by atoms with Gasteiger partial charge in [-0.05, 0) is 56.0 Å². The second kappa shape index (κ2) is 9.61. The average Bonchev–Trinajstić information content (AvgIpc) is 3.44. The molecule has 3 aliphatic heterocycles. The maximum Gasteiger partial charge on any atom is 0.250 e. The van der Waals surface area contributed by atoms with Crippen molar-refractivity contribution in [1.82, 2.24) is 4.90 Å². The number of aliphatic hydroxyl groups is 1. The molecule has 3 aliphatic rings. The molecular weight excluding hydrogens is 526 g/mol. The number of ether oxygens (including phenoxy) is 1. The molecule has 0 saturated carbocycles. The van der Waals surface area contributed by atoms with Crippen molar-refractivity contribution in [3.05, 3.63) is 59.7 Å². The Labute approximate surface area is 218 Å². The van der Waals surface area contributed by atoms with Gasteiger partial charge in [0.25, 0.3) is 0 Å². The SMILES string of the molecule is Cc1ccc(C)c(NC(=O)C2N(CCCO)C(=O)[C@@H]3[C@H](C(=O)Nc4ccccc4)[C@H]4OC23CC4Br)c1. The lowest BCUT2D eigenvalue weighted by Crippen LogP contribution is -2.54. The number of benzene rings is 2. The topological polar surface area (TPSA) is 108 Å². The van der Waals surface area contributed by atoms with Crippen molar-refractivity contribution in [2.24, 2.45) is 11.8 Å². The summed E-state index contributed by atoms with van der Waals surface area (Å²) < 4.78 is 6.48. The predicted octanol–water partition coefficient (Wildman–Crippen LogP) is 3.01. The molecule has 1 spiro atoms. The van der Waals surface area contributed by atoms with Crippen LogP contribution in [-0.2, 0) is 19.1 Å². The first-order valence-corrected chi connectivity index (χ1v) is 13.2. The first-order chi connectivity index (χ1) is 17.3. The summed E-state index contributed by atoms with van der Waals surface area (Å²) in [6.45, 7) is 3.95. The fraction of sp³-hybridized carbons (Fsp3) is 0.444. The zero-order valence-corrected chi connectivity index (χ0v) is 21.8. The molecule has 190 valence electrons. The van der Waals surface area contributed by atoms with Crippen LogP contribution < -0.4 is 10.6 Å². The van der Waals surface area contributed by atoms with E-state index in [9.17, 15) is 19.5 Å². The Morgan fingerprint density at radius 1 is 1.14 bits per heavy atom. The number of para-hydroxylation sites is 1. The van der Waals surface area contributed by atoms with E-state index in [1.54, 1.807) is 12.1 Å². The Morgan fingerprint density at radius 2 is 1.89 bits per heavy atom. The maximum atomic E-state index is 13.8. The molecule has 3 N–H and O–H groups in total. The third-order valence-corrected chi connectivity index (χ3v) is 8.43. The molecule has 2 bridgehead atoms. The van der Waals surface area contributed by atoms with E-state index >= 15 is 0 Å². The van der Waals surface area contributed by atoms with Crippen molar-refractivity contribution in [2.45, 2.75) is 49.3 Å². The van der Waals surface area contributed by atoms with E-state index in [0.717, 1.165) is 11.1 Å². The van der Waals surface area contributed by atoms with Crippen molar-refractivity contribution in [3.8, 4) is 0 Å². The van der Waals surface area contributed by atoms with Gasteiger partial charge >= 0.3 is 0 Å². The van der Waals surface area contributed by atoms with Gasteiger partial charge in [-0.1, -0.05) is 46.3 Å². The van der Waals surface area contributed by atoms with Crippen molar-refractivity contribution >= 4 is 45.0 Å². The fourth-order valence-electron chi connectivity index (χ4n) is 6.03. The minimum Gasteiger partial charge on any atom is -0.396 e. The van der Waals surface area contributed by atoms with Gasteiger partial charge in [0, 0.05) is 29.4 Å². The first-order valence-electron chi connectivity index (χ1n) is 12.2. The highest BCUT2D eigenvalue weighted by Crippen LogP contribution is 2.60. The normalized spacial score (nSPS) is 30.4. The molecule has 0 aromatic heterocycles. The number of carbonyl (C=O) groups is 3. The Kier molecular flexibility index (Phi) is 6.65. The molecule has 3 heterocycles. The standard InChI is InChI=1S/C27H30BrN3O5/c1-15-9-10-16(2)19(13-15)30-25(34)23-27-14-18(28)22(36-27)20(21(27)26(35)31(23)11-6-12-32)24(33)29-17-7-4-3-5-8-17/h3-5,7-10,13,18,20-23,32H,6,11-12,14H2,1-2H3,(H,29,33)(H,30,34)/t18?,20-,21-,22-,23?,27?/m0/s1. The molecule has 3 saturated heterocycles. The predicted molar refractivity (Wildman–Crippen MR) is 139 cm³/mol. The number of carbonyl (C=O) groups excluding carboxylic acids is 3. The average molecular weight is 556 g/mol. The Bertz CT molecular complexity index is 1190. The number of anilines is 2. The van der Waals surface area contributed by atoms with E-state index in [1.165, 1.54) is 4.90 Å². The van der Waals surface area contributed by atoms with Crippen LogP contribution in [0.2, 0.25) is 0 Å². The van der Waals surface area contributed by atoms with E-state index in [4.69, 9.17) is 4.74 Å². The molecule has 9 heteroatoms. The summed E-state index contributed by atoms with van der Waals surface area (Å²) in [5.74, 6) is -2.45. The lowest BCUT2D eigenvalue weighted by atomic mass is 9.70. The van der Waals surface area contributed by atoms with Crippen LogP contribution in [0.4, 0.5) is 11.4 Å². The minimum atomic E-state index is -1.13. The number of fused-ring (bicyclic) bond motifs is 1. The van der Waals surface area contributed by atoms with Gasteiger partial charge in [0.15, 0.2) is 0 Å². The van der Waals surface area contributed by atoms with Gasteiger partial charge in [0.1, 0.15) is 11.6 Å². The minimum absolute atomic E-state index is 0.116. The van der Waals surface area contributed by atoms with Crippen molar-refractivity contribution in [3.63, 3.8) is 0 Å². The molecule has 36 heavy (non-hydrogen) atoms. The number of aryl methyl sites for hydroxylation is 2. The van der Waals surface area contributed by atoms with Gasteiger partial charge in [-0.25, -0.2) is 0 Å². The molecule has 2 aromatic carbocycles. The largest absolute Gasteiger partial charge is 0.396 e. The van der Waals surface area contributed by atoms with Gasteiger partial charge in [0.2, 0.25) is 17.7 Å². The number of nitrogens with zero attached hydrogens (tertiary/aromatic N) is 1. The van der Waals surface area contributed by atoms with Crippen LogP contribution in [0.5, 0.6) is 0 Å². The Morgan fingerprint density at radius 3 is 2.61 bits per heavy atom. The number of amides is 3. The third-order valence-electron chi connectivity index (χ3n) is 7.59. The number of halogens is 1. The quantitative estimate of drug-likeness (QED) is 0.455. The summed E-state index contributed by atoms with van der Waals surface area (Å²) in [6, 6.07) is 14.0. The van der Waals surface area contributed by atoms with E-state index in [-0.39, 0.29) is 35.7 Å². The molecule has 2 aromatic rings. The number of alkyl halides is 1. The number of likely N-dealkylation sites (tertiary alicyclic amines) is 1.